The van der Waals surface area contributed by atoms with Gasteiger partial charge in [0.05, 0.1) is 16.7 Å². The van der Waals surface area contributed by atoms with Gasteiger partial charge in [0.2, 0.25) is 0 Å². The van der Waals surface area contributed by atoms with Crippen LogP contribution in [0.1, 0.15) is 22.3 Å². The van der Waals surface area contributed by atoms with Crippen molar-refractivity contribution >= 4 is 0 Å². The van der Waals surface area contributed by atoms with Gasteiger partial charge in [-0.3, -0.25) is 0 Å². The zero-order chi connectivity index (χ0) is 19.9. The normalized spacial score (nSPS) is 9.29. The average Bonchev–Trinajstić information content (AvgIpc) is 2.73. The fraction of sp³-hybridized carbons (Fsp3) is 0. The van der Waals surface area contributed by atoms with Gasteiger partial charge in [0.1, 0.15) is 41.2 Å². The summed E-state index contributed by atoms with van der Waals surface area (Å²) >= 11 is 0. The molecule has 0 bridgehead atoms. The Morgan fingerprint density at radius 3 is 1.54 bits per heavy atom. The highest BCUT2D eigenvalue weighted by molar-refractivity contribution is 5.52. The summed E-state index contributed by atoms with van der Waals surface area (Å²) in [6.07, 6.45) is 5.36. The summed E-state index contributed by atoms with van der Waals surface area (Å²) in [6, 6.07) is 22.4. The average molecular weight is 361 g/mol. The molecule has 3 aromatic rings. The van der Waals surface area contributed by atoms with Crippen LogP contribution in [0.3, 0.4) is 0 Å². The van der Waals surface area contributed by atoms with E-state index in [1.165, 1.54) is 12.1 Å². The van der Waals surface area contributed by atoms with Crippen molar-refractivity contribution in [3.63, 3.8) is 0 Å². The van der Waals surface area contributed by atoms with E-state index >= 15 is 0 Å². The molecule has 0 aliphatic carbocycles. The maximum absolute atomic E-state index is 9.16. The van der Waals surface area contributed by atoms with Crippen LogP contribution in [0, 0.1) is 46.3 Å². The highest BCUT2D eigenvalue weighted by Crippen LogP contribution is 2.30. The molecule has 3 aromatic carbocycles. The lowest BCUT2D eigenvalue weighted by Crippen LogP contribution is -1.90. The molecule has 130 valence electrons. The van der Waals surface area contributed by atoms with Gasteiger partial charge in [0.15, 0.2) is 0 Å². The first-order valence-electron chi connectivity index (χ1n) is 8.07. The standard InChI is InChI=1S/C23H11N3O2/c1-2-16-6-8-22(10-18(16)14-25)27-20-4-3-5-21(12-20)28-23-9-7-17(13-24)19(11-23)15-26/h1,3-12H. The number of hydrogen-bond acceptors (Lipinski definition) is 5. The van der Waals surface area contributed by atoms with E-state index < -0.39 is 0 Å². The molecule has 28 heavy (non-hydrogen) atoms. The van der Waals surface area contributed by atoms with Gasteiger partial charge < -0.3 is 9.47 Å². The van der Waals surface area contributed by atoms with E-state index in [2.05, 4.69) is 5.92 Å². The van der Waals surface area contributed by atoms with Gasteiger partial charge in [-0.05, 0) is 48.5 Å². The fourth-order valence-electron chi connectivity index (χ4n) is 2.46. The largest absolute Gasteiger partial charge is 0.457 e. The summed E-state index contributed by atoms with van der Waals surface area (Å²) in [5.41, 5.74) is 1.38. The lowest BCUT2D eigenvalue weighted by Gasteiger charge is -2.10. The number of hydrogen-bond donors (Lipinski definition) is 0. The second kappa shape index (κ2) is 8.11. The lowest BCUT2D eigenvalue weighted by molar-refractivity contribution is 0.460. The van der Waals surface area contributed by atoms with Crippen LogP contribution in [0.4, 0.5) is 0 Å². The summed E-state index contributed by atoms with van der Waals surface area (Å²) in [7, 11) is 0. The van der Waals surface area contributed by atoms with Crippen molar-refractivity contribution in [1.82, 2.24) is 0 Å². The summed E-state index contributed by atoms with van der Waals surface area (Å²) in [5.74, 6) is 4.35. The molecular formula is C23H11N3O2. The van der Waals surface area contributed by atoms with Crippen LogP contribution in [0.5, 0.6) is 23.0 Å². The molecule has 0 heterocycles. The molecule has 5 nitrogen and oxygen atoms in total. The van der Waals surface area contributed by atoms with Crippen LogP contribution in [0.2, 0.25) is 0 Å². The summed E-state index contributed by atoms with van der Waals surface area (Å²) in [4.78, 5) is 0. The molecule has 0 fully saturated rings. The van der Waals surface area contributed by atoms with Crippen molar-refractivity contribution in [2.24, 2.45) is 0 Å². The highest BCUT2D eigenvalue weighted by Gasteiger charge is 2.07. The molecule has 0 saturated carbocycles. The van der Waals surface area contributed by atoms with Crippen molar-refractivity contribution in [3.05, 3.63) is 82.9 Å². The van der Waals surface area contributed by atoms with E-state index in [0.29, 0.717) is 34.1 Å². The fourth-order valence-corrected chi connectivity index (χ4v) is 2.46. The van der Waals surface area contributed by atoms with Crippen LogP contribution in [-0.2, 0) is 0 Å². The summed E-state index contributed by atoms with van der Waals surface area (Å²) < 4.78 is 11.5. The number of nitriles is 3. The third kappa shape index (κ3) is 3.92. The number of ether oxygens (including phenoxy) is 2. The molecule has 0 unspecified atom stereocenters. The number of terminal acetylenes is 1. The Morgan fingerprint density at radius 2 is 1.04 bits per heavy atom. The Kier molecular flexibility index (Phi) is 5.24. The van der Waals surface area contributed by atoms with Crippen LogP contribution >= 0.6 is 0 Å². The van der Waals surface area contributed by atoms with Crippen molar-refractivity contribution in [2.45, 2.75) is 0 Å². The van der Waals surface area contributed by atoms with E-state index in [9.17, 15) is 0 Å². The first-order valence-corrected chi connectivity index (χ1v) is 8.07. The Bertz CT molecular complexity index is 1130. The predicted octanol–water partition coefficient (Wildman–Crippen LogP) is 4.87. The van der Waals surface area contributed by atoms with E-state index in [1.807, 2.05) is 18.2 Å². The molecule has 0 saturated heterocycles. The second-order valence-corrected chi connectivity index (χ2v) is 5.57. The number of rotatable bonds is 4. The van der Waals surface area contributed by atoms with Crippen molar-refractivity contribution in [2.75, 3.05) is 0 Å². The third-order valence-corrected chi connectivity index (χ3v) is 3.78. The second-order valence-electron chi connectivity index (χ2n) is 5.57. The first-order chi connectivity index (χ1) is 13.7. The summed E-state index contributed by atoms with van der Waals surface area (Å²) in [5, 5.41) is 27.3. The van der Waals surface area contributed by atoms with E-state index in [0.717, 1.165) is 0 Å². The zero-order valence-electron chi connectivity index (χ0n) is 14.5. The van der Waals surface area contributed by atoms with Crippen molar-refractivity contribution < 1.29 is 9.47 Å². The van der Waals surface area contributed by atoms with Gasteiger partial charge >= 0.3 is 0 Å². The smallest absolute Gasteiger partial charge is 0.131 e. The Labute approximate surface area is 162 Å². The van der Waals surface area contributed by atoms with Gasteiger partial charge in [-0.25, -0.2) is 0 Å². The molecule has 0 aliphatic rings. The van der Waals surface area contributed by atoms with Crippen LogP contribution < -0.4 is 9.47 Å². The molecule has 5 heteroatoms. The maximum atomic E-state index is 9.16. The molecule has 0 radical (unpaired) electrons. The van der Waals surface area contributed by atoms with E-state index in [-0.39, 0.29) is 11.1 Å². The van der Waals surface area contributed by atoms with Crippen LogP contribution in [0.25, 0.3) is 0 Å². The topological polar surface area (TPSA) is 89.8 Å². The lowest BCUT2D eigenvalue weighted by atomic mass is 10.1. The maximum Gasteiger partial charge on any atom is 0.131 e. The van der Waals surface area contributed by atoms with Crippen molar-refractivity contribution in [1.29, 1.82) is 15.8 Å². The first kappa shape index (κ1) is 18.1. The van der Waals surface area contributed by atoms with Gasteiger partial charge in [-0.1, -0.05) is 12.0 Å². The van der Waals surface area contributed by atoms with Crippen molar-refractivity contribution in [3.8, 4) is 53.5 Å². The SMILES string of the molecule is C#Cc1ccc(Oc2cccc(Oc3ccc(C#N)c(C#N)c3)c2)cc1C#N. The molecule has 0 aliphatic heterocycles. The molecule has 0 atom stereocenters. The summed E-state index contributed by atoms with van der Waals surface area (Å²) in [6.45, 7) is 0. The third-order valence-electron chi connectivity index (χ3n) is 3.78. The molecule has 3 rings (SSSR count). The van der Waals surface area contributed by atoms with E-state index in [4.69, 9.17) is 31.7 Å². The number of benzene rings is 3. The van der Waals surface area contributed by atoms with Gasteiger partial charge in [-0.2, -0.15) is 15.8 Å². The zero-order valence-corrected chi connectivity index (χ0v) is 14.5. The minimum atomic E-state index is 0.241. The highest BCUT2D eigenvalue weighted by atomic mass is 16.5. The minimum absolute atomic E-state index is 0.241. The number of nitrogens with zero attached hydrogens (tertiary/aromatic N) is 3. The van der Waals surface area contributed by atoms with Gasteiger partial charge in [0.25, 0.3) is 0 Å². The molecule has 0 amide bonds. The Hall–Kier alpha value is -4.71. The van der Waals surface area contributed by atoms with Gasteiger partial charge in [0, 0.05) is 11.6 Å². The monoisotopic (exact) mass is 361 g/mol. The molecule has 0 spiro atoms. The Morgan fingerprint density at radius 1 is 0.571 bits per heavy atom. The van der Waals surface area contributed by atoms with Crippen LogP contribution in [0.15, 0.2) is 60.7 Å². The molecule has 0 N–H and O–H groups in total. The minimum Gasteiger partial charge on any atom is -0.457 e. The quantitative estimate of drug-likeness (QED) is 0.619. The van der Waals surface area contributed by atoms with Crippen LogP contribution in [-0.4, -0.2) is 0 Å². The Balaban J connectivity index is 1.82. The predicted molar refractivity (Wildman–Crippen MR) is 102 cm³/mol. The molecular weight excluding hydrogens is 350 g/mol. The van der Waals surface area contributed by atoms with E-state index in [1.54, 1.807) is 48.5 Å². The van der Waals surface area contributed by atoms with Gasteiger partial charge in [-0.15, -0.1) is 6.42 Å². The molecule has 0 aromatic heterocycles.